The van der Waals surface area contributed by atoms with Crippen LogP contribution in [0.1, 0.15) is 29.9 Å². The van der Waals surface area contributed by atoms with Crippen molar-refractivity contribution in [1.29, 1.82) is 0 Å². The summed E-state index contributed by atoms with van der Waals surface area (Å²) >= 11 is 0. The summed E-state index contributed by atoms with van der Waals surface area (Å²) in [5, 5.41) is 0. The molecular formula is C15H19N. The minimum atomic E-state index is 0.525. The molecule has 16 heavy (non-hydrogen) atoms. The maximum absolute atomic E-state index is 2.41. The lowest BCUT2D eigenvalue weighted by atomic mass is 10.1. The molecule has 1 heteroatoms. The second-order valence-electron chi connectivity index (χ2n) is 4.52. The number of hydrogen-bond donors (Lipinski definition) is 0. The number of aromatic nitrogens is 1. The highest BCUT2D eigenvalue weighted by Gasteiger charge is 2.09. The lowest BCUT2D eigenvalue weighted by Crippen LogP contribution is -2.11. The van der Waals surface area contributed by atoms with E-state index in [2.05, 4.69) is 67.8 Å². The van der Waals surface area contributed by atoms with Gasteiger partial charge in [0.15, 0.2) is 0 Å². The van der Waals surface area contributed by atoms with Gasteiger partial charge in [0.25, 0.3) is 0 Å². The van der Waals surface area contributed by atoms with Crippen molar-refractivity contribution in [3.8, 4) is 0 Å². The zero-order valence-electron chi connectivity index (χ0n) is 10.3. The van der Waals surface area contributed by atoms with Crippen LogP contribution in [0.15, 0.2) is 42.5 Å². The fourth-order valence-electron chi connectivity index (χ4n) is 2.42. The van der Waals surface area contributed by atoms with Crippen LogP contribution in [0, 0.1) is 13.8 Å². The highest BCUT2D eigenvalue weighted by atomic mass is 15.0. The molecule has 0 spiro atoms. The van der Waals surface area contributed by atoms with E-state index in [0.29, 0.717) is 6.04 Å². The van der Waals surface area contributed by atoms with Gasteiger partial charge in [0, 0.05) is 17.4 Å². The van der Waals surface area contributed by atoms with Crippen LogP contribution in [0.2, 0.25) is 0 Å². The van der Waals surface area contributed by atoms with Crippen molar-refractivity contribution in [2.75, 3.05) is 0 Å². The van der Waals surface area contributed by atoms with Gasteiger partial charge in [-0.25, -0.2) is 0 Å². The van der Waals surface area contributed by atoms with E-state index in [1.54, 1.807) is 0 Å². The Labute approximate surface area is 97.7 Å². The zero-order chi connectivity index (χ0) is 11.5. The standard InChI is InChI=1S/C15H19N/c1-12-9-10-13(2)16(12)14(3)11-15-7-5-4-6-8-15/h4-10,14H,11H2,1-3H3. The molecule has 1 atom stereocenters. The molecule has 0 amide bonds. The summed E-state index contributed by atoms with van der Waals surface area (Å²) in [6.45, 7) is 6.63. The lowest BCUT2D eigenvalue weighted by molar-refractivity contribution is 0.524. The van der Waals surface area contributed by atoms with E-state index < -0.39 is 0 Å². The van der Waals surface area contributed by atoms with Gasteiger partial charge < -0.3 is 4.57 Å². The molecular weight excluding hydrogens is 194 g/mol. The van der Waals surface area contributed by atoms with Crippen molar-refractivity contribution in [3.63, 3.8) is 0 Å². The van der Waals surface area contributed by atoms with Gasteiger partial charge in [-0.05, 0) is 44.9 Å². The summed E-state index contributed by atoms with van der Waals surface area (Å²) < 4.78 is 2.41. The predicted octanol–water partition coefficient (Wildman–Crippen LogP) is 3.91. The third kappa shape index (κ3) is 2.19. The Balaban J connectivity index is 2.18. The maximum Gasteiger partial charge on any atom is 0.0347 e. The molecule has 0 fully saturated rings. The molecule has 2 rings (SSSR count). The van der Waals surface area contributed by atoms with Crippen LogP contribution in [0.25, 0.3) is 0 Å². The summed E-state index contributed by atoms with van der Waals surface area (Å²) in [5.74, 6) is 0. The first kappa shape index (κ1) is 11.0. The van der Waals surface area contributed by atoms with E-state index in [4.69, 9.17) is 0 Å². The number of rotatable bonds is 3. The van der Waals surface area contributed by atoms with Crippen LogP contribution < -0.4 is 0 Å². The fraction of sp³-hybridized carbons (Fsp3) is 0.333. The molecule has 0 aliphatic carbocycles. The van der Waals surface area contributed by atoms with E-state index in [9.17, 15) is 0 Å². The molecule has 1 aromatic carbocycles. The largest absolute Gasteiger partial charge is 0.346 e. The Morgan fingerprint density at radius 3 is 2.06 bits per heavy atom. The number of aryl methyl sites for hydroxylation is 2. The summed E-state index contributed by atoms with van der Waals surface area (Å²) in [4.78, 5) is 0. The summed E-state index contributed by atoms with van der Waals surface area (Å²) in [7, 11) is 0. The van der Waals surface area contributed by atoms with Crippen LogP contribution in [-0.4, -0.2) is 4.57 Å². The normalized spacial score (nSPS) is 12.7. The Kier molecular flexibility index (Phi) is 3.14. The summed E-state index contributed by atoms with van der Waals surface area (Å²) in [5.41, 5.74) is 4.10. The Morgan fingerprint density at radius 1 is 0.938 bits per heavy atom. The molecule has 1 heterocycles. The lowest BCUT2D eigenvalue weighted by Gasteiger charge is -2.18. The molecule has 0 saturated carbocycles. The van der Waals surface area contributed by atoms with E-state index in [0.717, 1.165) is 6.42 Å². The van der Waals surface area contributed by atoms with Crippen molar-refractivity contribution < 1.29 is 0 Å². The summed E-state index contributed by atoms with van der Waals surface area (Å²) in [6, 6.07) is 15.6. The van der Waals surface area contributed by atoms with Gasteiger partial charge in [-0.3, -0.25) is 0 Å². The van der Waals surface area contributed by atoms with Crippen molar-refractivity contribution in [2.45, 2.75) is 33.2 Å². The van der Waals surface area contributed by atoms with Crippen LogP contribution >= 0.6 is 0 Å². The molecule has 0 aliphatic rings. The molecule has 0 bridgehead atoms. The number of hydrogen-bond acceptors (Lipinski definition) is 0. The number of nitrogens with zero attached hydrogens (tertiary/aromatic N) is 1. The van der Waals surface area contributed by atoms with Crippen molar-refractivity contribution in [3.05, 3.63) is 59.4 Å². The van der Waals surface area contributed by atoms with Crippen molar-refractivity contribution >= 4 is 0 Å². The fourth-order valence-corrected chi connectivity index (χ4v) is 2.42. The highest BCUT2D eigenvalue weighted by molar-refractivity contribution is 5.19. The Bertz CT molecular complexity index is 434. The molecule has 1 unspecified atom stereocenters. The third-order valence-corrected chi connectivity index (χ3v) is 3.14. The molecule has 0 aliphatic heterocycles. The summed E-state index contributed by atoms with van der Waals surface area (Å²) in [6.07, 6.45) is 1.09. The minimum absolute atomic E-state index is 0.525. The molecule has 84 valence electrons. The molecule has 1 nitrogen and oxygen atoms in total. The van der Waals surface area contributed by atoms with Crippen LogP contribution in [0.3, 0.4) is 0 Å². The predicted molar refractivity (Wildman–Crippen MR) is 68.8 cm³/mol. The van der Waals surface area contributed by atoms with Gasteiger partial charge in [0.2, 0.25) is 0 Å². The second kappa shape index (κ2) is 4.56. The van der Waals surface area contributed by atoms with Crippen LogP contribution in [0.5, 0.6) is 0 Å². The topological polar surface area (TPSA) is 4.93 Å². The average molecular weight is 213 g/mol. The van der Waals surface area contributed by atoms with Crippen molar-refractivity contribution in [1.82, 2.24) is 4.57 Å². The monoisotopic (exact) mass is 213 g/mol. The van der Waals surface area contributed by atoms with E-state index in [1.807, 2.05) is 0 Å². The third-order valence-electron chi connectivity index (χ3n) is 3.14. The first-order valence-electron chi connectivity index (χ1n) is 5.87. The zero-order valence-corrected chi connectivity index (χ0v) is 10.3. The average Bonchev–Trinajstić information content (AvgIpc) is 2.60. The van der Waals surface area contributed by atoms with Crippen molar-refractivity contribution in [2.24, 2.45) is 0 Å². The Hall–Kier alpha value is -1.50. The quantitative estimate of drug-likeness (QED) is 0.728. The van der Waals surface area contributed by atoms with Crippen LogP contribution in [0.4, 0.5) is 0 Å². The second-order valence-corrected chi connectivity index (χ2v) is 4.52. The van der Waals surface area contributed by atoms with Gasteiger partial charge >= 0.3 is 0 Å². The van der Waals surface area contributed by atoms with E-state index in [-0.39, 0.29) is 0 Å². The van der Waals surface area contributed by atoms with E-state index >= 15 is 0 Å². The first-order chi connectivity index (χ1) is 7.68. The van der Waals surface area contributed by atoms with Gasteiger partial charge in [0.05, 0.1) is 0 Å². The SMILES string of the molecule is Cc1ccc(C)n1C(C)Cc1ccccc1. The molecule has 0 saturated heterocycles. The van der Waals surface area contributed by atoms with Gasteiger partial charge in [-0.1, -0.05) is 30.3 Å². The highest BCUT2D eigenvalue weighted by Crippen LogP contribution is 2.19. The first-order valence-corrected chi connectivity index (χ1v) is 5.87. The van der Waals surface area contributed by atoms with Gasteiger partial charge in [-0.2, -0.15) is 0 Å². The molecule has 2 aromatic rings. The van der Waals surface area contributed by atoms with Gasteiger partial charge in [-0.15, -0.1) is 0 Å². The molecule has 0 N–H and O–H groups in total. The number of benzene rings is 1. The molecule has 0 radical (unpaired) electrons. The van der Waals surface area contributed by atoms with Gasteiger partial charge in [0.1, 0.15) is 0 Å². The van der Waals surface area contributed by atoms with E-state index in [1.165, 1.54) is 17.0 Å². The smallest absolute Gasteiger partial charge is 0.0347 e. The Morgan fingerprint density at radius 2 is 1.50 bits per heavy atom. The minimum Gasteiger partial charge on any atom is -0.346 e. The maximum atomic E-state index is 2.41. The van der Waals surface area contributed by atoms with Crippen LogP contribution in [-0.2, 0) is 6.42 Å². The molecule has 1 aromatic heterocycles.